The van der Waals surface area contributed by atoms with Crippen LogP contribution < -0.4 is 10.4 Å². The molecule has 3 rings (SSSR count). The molecule has 0 aliphatic heterocycles. The quantitative estimate of drug-likeness (QED) is 0.0936. The van der Waals surface area contributed by atoms with Gasteiger partial charge in [0.25, 0.3) is 8.32 Å². The third kappa shape index (κ3) is 8.75. The van der Waals surface area contributed by atoms with E-state index in [2.05, 4.69) is 178 Å². The molecular formula is C38H61IO2Si2. The molecule has 0 saturated heterocycles. The highest BCUT2D eigenvalue weighted by molar-refractivity contribution is 14.1. The highest BCUT2D eigenvalue weighted by atomic mass is 127. The summed E-state index contributed by atoms with van der Waals surface area (Å²) in [5.41, 5.74) is 0.370. The second kappa shape index (κ2) is 14.4. The van der Waals surface area contributed by atoms with E-state index in [1.165, 1.54) is 34.1 Å². The number of alkyl halides is 1. The van der Waals surface area contributed by atoms with Gasteiger partial charge in [-0.15, -0.1) is 0 Å². The number of hydrogen-bond acceptors (Lipinski definition) is 2. The third-order valence-corrected chi connectivity index (χ3v) is 20.7. The van der Waals surface area contributed by atoms with Gasteiger partial charge in [-0.25, -0.2) is 0 Å². The van der Waals surface area contributed by atoms with Crippen LogP contribution >= 0.6 is 22.6 Å². The first-order valence-corrected chi connectivity index (χ1v) is 22.9. The standard InChI is InChI=1S/C38H61IO2Si2/c1-29(23-24-35(41-42(11,12)36(3,4)5)34-28-38(9,10)27-31(34)25-26-39)30(2)40-43(37(6,7)8,32-19-15-13-16-20-32)33-21-17-14-18-22-33/h13-24,29-31,34-35H,25-28H2,1-12H3/b24-23-/t29-,30+,31-,34+,35?/m1/s1. The minimum absolute atomic E-state index is 0.0382. The second-order valence-electron chi connectivity index (χ2n) is 16.5. The average molecular weight is 733 g/mol. The fourth-order valence-corrected chi connectivity index (χ4v) is 13.8. The van der Waals surface area contributed by atoms with Gasteiger partial charge in [0, 0.05) is 6.10 Å². The molecule has 1 aliphatic rings. The van der Waals surface area contributed by atoms with E-state index in [0.29, 0.717) is 17.3 Å². The zero-order valence-corrected chi connectivity index (χ0v) is 33.5. The minimum atomic E-state index is -2.62. The molecule has 1 unspecified atom stereocenters. The van der Waals surface area contributed by atoms with Crippen molar-refractivity contribution in [1.29, 1.82) is 0 Å². The van der Waals surface area contributed by atoms with Crippen LogP contribution in [-0.4, -0.2) is 33.3 Å². The Balaban J connectivity index is 1.99. The van der Waals surface area contributed by atoms with Crippen LogP contribution in [0.3, 0.4) is 0 Å². The Morgan fingerprint density at radius 3 is 1.77 bits per heavy atom. The summed E-state index contributed by atoms with van der Waals surface area (Å²) in [5.74, 6) is 1.53. The Bertz CT molecular complexity index is 1120. The molecule has 2 aromatic carbocycles. The van der Waals surface area contributed by atoms with Gasteiger partial charge in [-0.1, -0.05) is 158 Å². The molecule has 240 valence electrons. The van der Waals surface area contributed by atoms with Crippen molar-refractivity contribution in [2.24, 2.45) is 23.2 Å². The SMILES string of the molecule is C[C@H](/C=C\C(O[Si](C)(C)C(C)(C)C)[C@H]1CC(C)(C)C[C@H]1CCI)[C@H](C)O[Si](c1ccccc1)(c1ccccc1)C(C)(C)C. The third-order valence-electron chi connectivity index (χ3n) is 10.5. The van der Waals surface area contributed by atoms with E-state index in [4.69, 9.17) is 8.85 Å². The van der Waals surface area contributed by atoms with E-state index >= 15 is 0 Å². The smallest absolute Gasteiger partial charge is 0.261 e. The van der Waals surface area contributed by atoms with Crippen LogP contribution in [0.15, 0.2) is 72.8 Å². The summed E-state index contributed by atoms with van der Waals surface area (Å²) in [6, 6.07) is 22.1. The summed E-state index contributed by atoms with van der Waals surface area (Å²) < 4.78 is 16.0. The molecule has 2 nitrogen and oxygen atoms in total. The zero-order valence-electron chi connectivity index (χ0n) is 29.3. The van der Waals surface area contributed by atoms with Gasteiger partial charge in [-0.3, -0.25) is 0 Å². The first-order chi connectivity index (χ1) is 19.8. The van der Waals surface area contributed by atoms with Gasteiger partial charge >= 0.3 is 0 Å². The minimum Gasteiger partial charge on any atom is -0.410 e. The summed E-state index contributed by atoms with van der Waals surface area (Å²) >= 11 is 2.57. The molecule has 0 bridgehead atoms. The van der Waals surface area contributed by atoms with Crippen molar-refractivity contribution in [3.63, 3.8) is 0 Å². The van der Waals surface area contributed by atoms with Gasteiger partial charge in [-0.2, -0.15) is 0 Å². The highest BCUT2D eigenvalue weighted by Gasteiger charge is 2.51. The maximum atomic E-state index is 7.50. The molecule has 5 heteroatoms. The Morgan fingerprint density at radius 2 is 1.33 bits per heavy atom. The molecule has 0 heterocycles. The zero-order chi connectivity index (χ0) is 32.3. The van der Waals surface area contributed by atoms with E-state index in [-0.39, 0.29) is 28.2 Å². The molecular weight excluding hydrogens is 671 g/mol. The van der Waals surface area contributed by atoms with Crippen molar-refractivity contribution in [2.45, 2.75) is 124 Å². The Hall–Kier alpha value is -0.736. The molecule has 0 spiro atoms. The van der Waals surface area contributed by atoms with Crippen LogP contribution in [0.1, 0.15) is 88.5 Å². The van der Waals surface area contributed by atoms with Crippen LogP contribution in [0, 0.1) is 23.2 Å². The molecule has 1 aliphatic carbocycles. The van der Waals surface area contributed by atoms with Crippen molar-refractivity contribution in [2.75, 3.05) is 4.43 Å². The van der Waals surface area contributed by atoms with E-state index < -0.39 is 16.6 Å². The van der Waals surface area contributed by atoms with Crippen molar-refractivity contribution >= 4 is 49.6 Å². The lowest BCUT2D eigenvalue weighted by Gasteiger charge is -2.45. The molecule has 0 N–H and O–H groups in total. The molecule has 0 radical (unpaired) electrons. The summed E-state index contributed by atoms with van der Waals surface area (Å²) in [4.78, 5) is 0. The van der Waals surface area contributed by atoms with Crippen LogP contribution in [0.2, 0.25) is 23.2 Å². The van der Waals surface area contributed by atoms with Gasteiger partial charge in [-0.05, 0) is 87.3 Å². The van der Waals surface area contributed by atoms with Gasteiger partial charge < -0.3 is 8.85 Å². The lowest BCUT2D eigenvalue weighted by atomic mass is 9.87. The van der Waals surface area contributed by atoms with E-state index in [0.717, 1.165) is 0 Å². The molecule has 2 aromatic rings. The van der Waals surface area contributed by atoms with Gasteiger partial charge in [0.1, 0.15) is 0 Å². The second-order valence-corrected chi connectivity index (χ2v) is 26.6. The average Bonchev–Trinajstić information content (AvgIpc) is 3.22. The van der Waals surface area contributed by atoms with E-state index in [9.17, 15) is 0 Å². The lowest BCUT2D eigenvalue weighted by molar-refractivity contribution is 0.128. The van der Waals surface area contributed by atoms with Crippen molar-refractivity contribution in [3.8, 4) is 0 Å². The summed E-state index contributed by atoms with van der Waals surface area (Å²) in [6.45, 7) is 28.6. The fraction of sp³-hybridized carbons (Fsp3) is 0.632. The maximum absolute atomic E-state index is 7.50. The normalized spacial score (nSPS) is 22.1. The fourth-order valence-electron chi connectivity index (χ4n) is 6.89. The highest BCUT2D eigenvalue weighted by Crippen LogP contribution is 2.50. The Labute approximate surface area is 281 Å². The largest absolute Gasteiger partial charge is 0.410 e. The number of hydrogen-bond donors (Lipinski definition) is 0. The summed E-state index contributed by atoms with van der Waals surface area (Å²) in [6.07, 6.45) is 8.92. The van der Waals surface area contributed by atoms with Crippen LogP contribution in [0.4, 0.5) is 0 Å². The maximum Gasteiger partial charge on any atom is 0.261 e. The van der Waals surface area contributed by atoms with E-state index in [1.807, 2.05) is 0 Å². The lowest BCUT2D eigenvalue weighted by Crippen LogP contribution is -2.67. The molecule has 43 heavy (non-hydrogen) atoms. The van der Waals surface area contributed by atoms with Crippen LogP contribution in [-0.2, 0) is 8.85 Å². The molecule has 5 atom stereocenters. The predicted octanol–water partition coefficient (Wildman–Crippen LogP) is 10.4. The van der Waals surface area contributed by atoms with Gasteiger partial charge in [0.05, 0.1) is 6.10 Å². The summed E-state index contributed by atoms with van der Waals surface area (Å²) in [5, 5.41) is 2.82. The van der Waals surface area contributed by atoms with Gasteiger partial charge in [0.15, 0.2) is 8.32 Å². The Morgan fingerprint density at radius 1 is 0.814 bits per heavy atom. The number of halogens is 1. The molecule has 1 fully saturated rings. The first kappa shape index (κ1) is 36.7. The van der Waals surface area contributed by atoms with E-state index in [1.54, 1.807) is 0 Å². The molecule has 0 aromatic heterocycles. The number of benzene rings is 2. The van der Waals surface area contributed by atoms with Crippen LogP contribution in [0.5, 0.6) is 0 Å². The first-order valence-electron chi connectivity index (χ1n) is 16.6. The van der Waals surface area contributed by atoms with Crippen molar-refractivity contribution in [1.82, 2.24) is 0 Å². The van der Waals surface area contributed by atoms with Crippen molar-refractivity contribution < 1.29 is 8.85 Å². The summed E-state index contributed by atoms with van der Waals surface area (Å²) in [7, 11) is -4.58. The predicted molar refractivity (Wildman–Crippen MR) is 202 cm³/mol. The Kier molecular flexibility index (Phi) is 12.3. The number of rotatable bonds is 12. The molecule has 0 amide bonds. The van der Waals surface area contributed by atoms with Crippen molar-refractivity contribution in [3.05, 3.63) is 72.8 Å². The van der Waals surface area contributed by atoms with Crippen LogP contribution in [0.25, 0.3) is 0 Å². The van der Waals surface area contributed by atoms with Gasteiger partial charge in [0.2, 0.25) is 0 Å². The molecule has 1 saturated carbocycles. The topological polar surface area (TPSA) is 18.5 Å². The monoisotopic (exact) mass is 732 g/mol.